The van der Waals surface area contributed by atoms with Gasteiger partial charge in [0.1, 0.15) is 5.75 Å². The van der Waals surface area contributed by atoms with E-state index >= 15 is 0 Å². The number of anilines is 1. The molecule has 0 aliphatic heterocycles. The SMILES string of the molecule is CCCCOc1cccc(NCc2ccc(C(C)(C)C)cc2)c1. The van der Waals surface area contributed by atoms with Gasteiger partial charge in [0.15, 0.2) is 0 Å². The van der Waals surface area contributed by atoms with Gasteiger partial charge in [-0.15, -0.1) is 0 Å². The Kier molecular flexibility index (Phi) is 6.09. The first-order valence-electron chi connectivity index (χ1n) is 8.55. The van der Waals surface area contributed by atoms with Crippen LogP contribution in [0.3, 0.4) is 0 Å². The van der Waals surface area contributed by atoms with E-state index in [1.807, 2.05) is 12.1 Å². The van der Waals surface area contributed by atoms with Crippen LogP contribution in [0.4, 0.5) is 5.69 Å². The van der Waals surface area contributed by atoms with E-state index in [0.717, 1.165) is 37.4 Å². The van der Waals surface area contributed by atoms with Crippen molar-refractivity contribution in [3.8, 4) is 5.75 Å². The van der Waals surface area contributed by atoms with Gasteiger partial charge in [-0.2, -0.15) is 0 Å². The second-order valence-corrected chi connectivity index (χ2v) is 7.03. The summed E-state index contributed by atoms with van der Waals surface area (Å²) in [5, 5.41) is 3.47. The third-order valence-corrected chi connectivity index (χ3v) is 3.92. The standard InChI is InChI=1S/C21H29NO/c1-5-6-14-23-20-9-7-8-19(15-20)22-16-17-10-12-18(13-11-17)21(2,3)4/h7-13,15,22H,5-6,14,16H2,1-4H3. The molecule has 0 unspecified atom stereocenters. The van der Waals surface area contributed by atoms with E-state index in [9.17, 15) is 0 Å². The highest BCUT2D eigenvalue weighted by molar-refractivity contribution is 5.48. The summed E-state index contributed by atoms with van der Waals surface area (Å²) in [5.74, 6) is 0.937. The molecule has 2 nitrogen and oxygen atoms in total. The van der Waals surface area contributed by atoms with Crippen LogP contribution in [0.2, 0.25) is 0 Å². The van der Waals surface area contributed by atoms with Crippen molar-refractivity contribution in [2.24, 2.45) is 0 Å². The van der Waals surface area contributed by atoms with Crippen molar-refractivity contribution >= 4 is 5.69 Å². The highest BCUT2D eigenvalue weighted by atomic mass is 16.5. The first kappa shape index (κ1) is 17.4. The van der Waals surface area contributed by atoms with E-state index in [1.54, 1.807) is 0 Å². The summed E-state index contributed by atoms with van der Waals surface area (Å²) in [6, 6.07) is 17.0. The zero-order valence-corrected chi connectivity index (χ0v) is 14.9. The molecule has 1 N–H and O–H groups in total. The largest absolute Gasteiger partial charge is 0.494 e. The molecule has 0 atom stereocenters. The monoisotopic (exact) mass is 311 g/mol. The van der Waals surface area contributed by atoms with Gasteiger partial charge in [0.2, 0.25) is 0 Å². The lowest BCUT2D eigenvalue weighted by molar-refractivity contribution is 0.309. The lowest BCUT2D eigenvalue weighted by Gasteiger charge is -2.19. The van der Waals surface area contributed by atoms with E-state index < -0.39 is 0 Å². The fourth-order valence-corrected chi connectivity index (χ4v) is 2.36. The third kappa shape index (κ3) is 5.63. The number of hydrogen-bond acceptors (Lipinski definition) is 2. The summed E-state index contributed by atoms with van der Waals surface area (Å²) in [5.41, 5.74) is 3.96. The molecule has 0 spiro atoms. The van der Waals surface area contributed by atoms with Crippen molar-refractivity contribution in [2.75, 3.05) is 11.9 Å². The highest BCUT2D eigenvalue weighted by Gasteiger charge is 2.12. The molecule has 23 heavy (non-hydrogen) atoms. The summed E-state index contributed by atoms with van der Waals surface area (Å²) >= 11 is 0. The van der Waals surface area contributed by atoms with Crippen LogP contribution in [0.15, 0.2) is 48.5 Å². The van der Waals surface area contributed by atoms with E-state index in [-0.39, 0.29) is 5.41 Å². The molecule has 0 aliphatic carbocycles. The minimum Gasteiger partial charge on any atom is -0.494 e. The zero-order chi connectivity index (χ0) is 16.7. The van der Waals surface area contributed by atoms with E-state index in [2.05, 4.69) is 69.4 Å². The second kappa shape index (κ2) is 8.05. The van der Waals surface area contributed by atoms with E-state index in [0.29, 0.717) is 0 Å². The third-order valence-electron chi connectivity index (χ3n) is 3.92. The zero-order valence-electron chi connectivity index (χ0n) is 14.9. The van der Waals surface area contributed by atoms with Gasteiger partial charge in [0, 0.05) is 18.3 Å². The molecule has 0 saturated carbocycles. The van der Waals surface area contributed by atoms with Gasteiger partial charge < -0.3 is 10.1 Å². The number of ether oxygens (including phenoxy) is 1. The molecule has 2 rings (SSSR count). The number of nitrogens with one attached hydrogen (secondary N) is 1. The minimum absolute atomic E-state index is 0.204. The van der Waals surface area contributed by atoms with Gasteiger partial charge in [-0.1, -0.05) is 64.4 Å². The predicted molar refractivity (Wildman–Crippen MR) is 99.3 cm³/mol. The Hall–Kier alpha value is -1.96. The highest BCUT2D eigenvalue weighted by Crippen LogP contribution is 2.23. The molecule has 0 aromatic heterocycles. The van der Waals surface area contributed by atoms with Crippen molar-refractivity contribution in [3.63, 3.8) is 0 Å². The van der Waals surface area contributed by atoms with Crippen molar-refractivity contribution in [2.45, 2.75) is 52.5 Å². The fraction of sp³-hybridized carbons (Fsp3) is 0.429. The molecule has 0 saturated heterocycles. The first-order valence-corrected chi connectivity index (χ1v) is 8.55. The maximum Gasteiger partial charge on any atom is 0.121 e. The molecule has 0 fully saturated rings. The number of rotatable bonds is 7. The van der Waals surface area contributed by atoms with Gasteiger partial charge in [-0.3, -0.25) is 0 Å². The van der Waals surface area contributed by atoms with Gasteiger partial charge >= 0.3 is 0 Å². The van der Waals surface area contributed by atoms with Crippen LogP contribution in [-0.2, 0) is 12.0 Å². The Morgan fingerprint density at radius 1 is 1.00 bits per heavy atom. The van der Waals surface area contributed by atoms with E-state index in [4.69, 9.17) is 4.74 Å². The Balaban J connectivity index is 1.91. The maximum atomic E-state index is 5.75. The van der Waals surface area contributed by atoms with Crippen LogP contribution >= 0.6 is 0 Å². The van der Waals surface area contributed by atoms with Crippen LogP contribution in [0.25, 0.3) is 0 Å². The molecular weight excluding hydrogens is 282 g/mol. The van der Waals surface area contributed by atoms with Crippen molar-refractivity contribution < 1.29 is 4.74 Å². The average molecular weight is 311 g/mol. The van der Waals surface area contributed by atoms with Gasteiger partial charge in [0.05, 0.1) is 6.61 Å². The quantitative estimate of drug-likeness (QED) is 0.655. The molecule has 124 valence electrons. The molecule has 0 radical (unpaired) electrons. The first-order chi connectivity index (χ1) is 11.0. The lowest BCUT2D eigenvalue weighted by atomic mass is 9.87. The van der Waals surface area contributed by atoms with Crippen LogP contribution in [0.1, 0.15) is 51.7 Å². The molecule has 0 bridgehead atoms. The maximum absolute atomic E-state index is 5.75. The van der Waals surface area contributed by atoms with Gasteiger partial charge in [-0.25, -0.2) is 0 Å². The molecule has 0 amide bonds. The lowest BCUT2D eigenvalue weighted by Crippen LogP contribution is -2.11. The molecule has 2 aromatic rings. The van der Waals surface area contributed by atoms with Crippen LogP contribution < -0.4 is 10.1 Å². The van der Waals surface area contributed by atoms with Crippen molar-refractivity contribution in [1.29, 1.82) is 0 Å². The number of unbranched alkanes of at least 4 members (excludes halogenated alkanes) is 1. The van der Waals surface area contributed by atoms with Crippen molar-refractivity contribution in [1.82, 2.24) is 0 Å². The number of benzene rings is 2. The molecule has 2 aromatic carbocycles. The number of hydrogen-bond donors (Lipinski definition) is 1. The minimum atomic E-state index is 0.204. The Labute approximate surface area is 140 Å². The molecule has 2 heteroatoms. The summed E-state index contributed by atoms with van der Waals surface area (Å²) in [7, 11) is 0. The Morgan fingerprint density at radius 3 is 2.39 bits per heavy atom. The van der Waals surface area contributed by atoms with Crippen LogP contribution in [0.5, 0.6) is 5.75 Å². The van der Waals surface area contributed by atoms with Crippen LogP contribution in [0, 0.1) is 0 Å². The normalized spacial score (nSPS) is 11.3. The molecule has 0 aliphatic rings. The summed E-state index contributed by atoms with van der Waals surface area (Å²) in [6.45, 7) is 10.5. The van der Waals surface area contributed by atoms with Gasteiger partial charge in [0.25, 0.3) is 0 Å². The summed E-state index contributed by atoms with van der Waals surface area (Å²) in [6.07, 6.45) is 2.25. The van der Waals surface area contributed by atoms with Crippen LogP contribution in [-0.4, -0.2) is 6.61 Å². The fourth-order valence-electron chi connectivity index (χ4n) is 2.36. The molecular formula is C21H29NO. The smallest absolute Gasteiger partial charge is 0.121 e. The predicted octanol–water partition coefficient (Wildman–Crippen LogP) is 5.78. The summed E-state index contributed by atoms with van der Waals surface area (Å²) < 4.78 is 5.75. The topological polar surface area (TPSA) is 21.3 Å². The Bertz CT molecular complexity index is 596. The van der Waals surface area contributed by atoms with Gasteiger partial charge in [-0.05, 0) is 35.1 Å². The van der Waals surface area contributed by atoms with E-state index in [1.165, 1.54) is 11.1 Å². The van der Waals surface area contributed by atoms with Crippen molar-refractivity contribution in [3.05, 3.63) is 59.7 Å². The Morgan fingerprint density at radius 2 is 1.74 bits per heavy atom. The molecule has 0 heterocycles. The second-order valence-electron chi connectivity index (χ2n) is 7.03. The average Bonchev–Trinajstić information content (AvgIpc) is 2.53. The summed E-state index contributed by atoms with van der Waals surface area (Å²) in [4.78, 5) is 0.